The molecule has 134 valence electrons. The van der Waals surface area contributed by atoms with Crippen LogP contribution in [0.15, 0.2) is 0 Å². The van der Waals surface area contributed by atoms with E-state index in [9.17, 15) is 14.4 Å². The number of alkyl carbamates (subject to hydrolysis) is 1. The molecule has 0 radical (unpaired) electrons. The van der Waals surface area contributed by atoms with Gasteiger partial charge in [0.15, 0.2) is 5.78 Å². The second kappa shape index (κ2) is 11.9. The van der Waals surface area contributed by atoms with Gasteiger partial charge < -0.3 is 19.9 Å². The average molecular weight is 331 g/mol. The molecule has 0 aliphatic heterocycles. The first-order valence-electron chi connectivity index (χ1n) is 7.99. The van der Waals surface area contributed by atoms with Crippen LogP contribution in [-0.4, -0.2) is 48.3 Å². The second-order valence-electron chi connectivity index (χ2n) is 6.25. The van der Waals surface area contributed by atoms with Crippen LogP contribution in [0.25, 0.3) is 0 Å². The van der Waals surface area contributed by atoms with Crippen LogP contribution in [0.1, 0.15) is 59.3 Å². The molecule has 0 aromatic heterocycles. The highest BCUT2D eigenvalue weighted by Crippen LogP contribution is 2.06. The molecule has 0 unspecified atom stereocenters. The summed E-state index contributed by atoms with van der Waals surface area (Å²) in [7, 11) is 0. The summed E-state index contributed by atoms with van der Waals surface area (Å²) >= 11 is 0. The van der Waals surface area contributed by atoms with Gasteiger partial charge in [-0.25, -0.2) is 4.79 Å². The second-order valence-corrected chi connectivity index (χ2v) is 6.25. The van der Waals surface area contributed by atoms with Crippen LogP contribution in [0.3, 0.4) is 0 Å². The molecule has 0 aliphatic rings. The van der Waals surface area contributed by atoms with E-state index >= 15 is 0 Å². The fraction of sp³-hybridized carbons (Fsp3) is 0.812. The van der Waals surface area contributed by atoms with Gasteiger partial charge in [0.2, 0.25) is 0 Å². The van der Waals surface area contributed by atoms with Crippen LogP contribution < -0.4 is 5.32 Å². The summed E-state index contributed by atoms with van der Waals surface area (Å²) in [4.78, 5) is 34.4. The fourth-order valence-corrected chi connectivity index (χ4v) is 1.64. The van der Waals surface area contributed by atoms with Gasteiger partial charge in [-0.15, -0.1) is 0 Å². The third-order valence-electron chi connectivity index (χ3n) is 2.75. The molecule has 0 fully saturated rings. The Hall–Kier alpha value is -1.63. The monoisotopic (exact) mass is 331 g/mol. The van der Waals surface area contributed by atoms with Crippen molar-refractivity contribution < 1.29 is 29.0 Å². The summed E-state index contributed by atoms with van der Waals surface area (Å²) < 4.78 is 10.00. The molecule has 0 saturated carbocycles. The number of rotatable bonds is 11. The number of aliphatic hydroxyl groups is 1. The minimum Gasteiger partial charge on any atom is -0.466 e. The van der Waals surface area contributed by atoms with Crippen LogP contribution in [0, 0.1) is 0 Å². The summed E-state index contributed by atoms with van der Waals surface area (Å²) in [5.74, 6) is -0.673. The van der Waals surface area contributed by atoms with Crippen LogP contribution >= 0.6 is 0 Å². The van der Waals surface area contributed by atoms with Crippen molar-refractivity contribution in [2.75, 3.05) is 19.8 Å². The van der Waals surface area contributed by atoms with Crippen LogP contribution in [0.2, 0.25) is 0 Å². The lowest BCUT2D eigenvalue weighted by Gasteiger charge is -2.19. The minimum absolute atomic E-state index is 0.00543. The Morgan fingerprint density at radius 1 is 1.00 bits per heavy atom. The molecule has 1 amide bonds. The molecule has 2 N–H and O–H groups in total. The summed E-state index contributed by atoms with van der Waals surface area (Å²) in [5, 5.41) is 11.0. The van der Waals surface area contributed by atoms with Gasteiger partial charge >= 0.3 is 12.1 Å². The lowest BCUT2D eigenvalue weighted by Crippen LogP contribution is -2.35. The Morgan fingerprint density at radius 2 is 1.65 bits per heavy atom. The molecular weight excluding hydrogens is 302 g/mol. The van der Waals surface area contributed by atoms with E-state index < -0.39 is 17.7 Å². The van der Waals surface area contributed by atoms with Crippen molar-refractivity contribution in [1.82, 2.24) is 5.32 Å². The number of ketones is 1. The summed E-state index contributed by atoms with van der Waals surface area (Å²) in [6.07, 6.45) is 2.68. The highest BCUT2D eigenvalue weighted by atomic mass is 16.6. The number of ether oxygens (including phenoxy) is 2. The number of unbranched alkanes of at least 4 members (excludes halogenated alkanes) is 3. The first kappa shape index (κ1) is 21.4. The molecule has 0 spiro atoms. The fourth-order valence-electron chi connectivity index (χ4n) is 1.64. The molecule has 0 aromatic carbocycles. The Morgan fingerprint density at radius 3 is 2.26 bits per heavy atom. The molecule has 0 aromatic rings. The normalized spacial score (nSPS) is 11.0. The van der Waals surface area contributed by atoms with Gasteiger partial charge in [0.1, 0.15) is 5.60 Å². The zero-order chi connectivity index (χ0) is 17.7. The molecule has 0 saturated heterocycles. The highest BCUT2D eigenvalue weighted by molar-refractivity contribution is 5.86. The molecule has 0 bridgehead atoms. The van der Waals surface area contributed by atoms with E-state index in [4.69, 9.17) is 14.6 Å². The van der Waals surface area contributed by atoms with E-state index in [2.05, 4.69) is 5.32 Å². The predicted octanol–water partition coefficient (Wildman–Crippen LogP) is 1.96. The van der Waals surface area contributed by atoms with Crippen molar-refractivity contribution in [1.29, 1.82) is 0 Å². The SMILES string of the molecule is CC(C)(C)OC(=O)NCC(=O)CCC(=O)OCCCCCCO. The van der Waals surface area contributed by atoms with E-state index in [1.807, 2.05) is 0 Å². The maximum Gasteiger partial charge on any atom is 0.408 e. The number of aliphatic hydroxyl groups excluding tert-OH is 1. The molecule has 0 heterocycles. The molecule has 23 heavy (non-hydrogen) atoms. The molecule has 0 aliphatic carbocycles. The van der Waals surface area contributed by atoms with E-state index in [-0.39, 0.29) is 31.8 Å². The minimum atomic E-state index is -0.656. The maximum atomic E-state index is 11.6. The Labute approximate surface area is 137 Å². The smallest absolute Gasteiger partial charge is 0.408 e. The third-order valence-corrected chi connectivity index (χ3v) is 2.75. The summed E-state index contributed by atoms with van der Waals surface area (Å²) in [5.41, 5.74) is -0.617. The van der Waals surface area contributed by atoms with Crippen LogP contribution in [-0.2, 0) is 19.1 Å². The molecule has 7 nitrogen and oxygen atoms in total. The van der Waals surface area contributed by atoms with Crippen molar-refractivity contribution in [3.8, 4) is 0 Å². The van der Waals surface area contributed by atoms with Gasteiger partial charge in [0, 0.05) is 13.0 Å². The maximum absolute atomic E-state index is 11.6. The third kappa shape index (κ3) is 15.1. The Kier molecular flexibility index (Phi) is 11.0. The number of carbonyl (C=O) groups is 3. The number of nitrogens with one attached hydrogen (secondary N) is 1. The van der Waals surface area contributed by atoms with Gasteiger partial charge in [0.05, 0.1) is 19.6 Å². The van der Waals surface area contributed by atoms with Gasteiger partial charge in [-0.2, -0.15) is 0 Å². The van der Waals surface area contributed by atoms with Crippen molar-refractivity contribution in [2.24, 2.45) is 0 Å². The number of hydrogen-bond donors (Lipinski definition) is 2. The van der Waals surface area contributed by atoms with E-state index in [0.717, 1.165) is 25.7 Å². The number of esters is 1. The van der Waals surface area contributed by atoms with Crippen molar-refractivity contribution in [2.45, 2.75) is 64.9 Å². The highest BCUT2D eigenvalue weighted by Gasteiger charge is 2.16. The van der Waals surface area contributed by atoms with Gasteiger partial charge in [-0.1, -0.05) is 6.42 Å². The molecular formula is C16H29NO6. The first-order valence-corrected chi connectivity index (χ1v) is 7.99. The van der Waals surface area contributed by atoms with Gasteiger partial charge in [-0.3, -0.25) is 9.59 Å². The Balaban J connectivity index is 3.64. The molecule has 7 heteroatoms. The quantitative estimate of drug-likeness (QED) is 0.443. The zero-order valence-electron chi connectivity index (χ0n) is 14.4. The van der Waals surface area contributed by atoms with Crippen molar-refractivity contribution in [3.63, 3.8) is 0 Å². The Bertz CT molecular complexity index is 375. The summed E-state index contributed by atoms with van der Waals surface area (Å²) in [6.45, 7) is 5.54. The van der Waals surface area contributed by atoms with E-state index in [0.29, 0.717) is 6.61 Å². The van der Waals surface area contributed by atoms with Gasteiger partial charge in [0.25, 0.3) is 0 Å². The standard InChI is InChI=1S/C16H29NO6/c1-16(2,3)23-15(21)17-12-13(19)8-9-14(20)22-11-7-5-4-6-10-18/h18H,4-12H2,1-3H3,(H,17,21). The van der Waals surface area contributed by atoms with Gasteiger partial charge in [-0.05, 0) is 40.0 Å². The van der Waals surface area contributed by atoms with Crippen LogP contribution in [0.4, 0.5) is 4.79 Å². The number of amides is 1. The zero-order valence-corrected chi connectivity index (χ0v) is 14.4. The van der Waals surface area contributed by atoms with E-state index in [1.54, 1.807) is 20.8 Å². The summed E-state index contributed by atoms with van der Waals surface area (Å²) in [6, 6.07) is 0. The molecule has 0 rings (SSSR count). The van der Waals surface area contributed by atoms with E-state index in [1.165, 1.54) is 0 Å². The largest absolute Gasteiger partial charge is 0.466 e. The van der Waals surface area contributed by atoms with Crippen LogP contribution in [0.5, 0.6) is 0 Å². The number of Topliss-reactive ketones (excluding diaryl/α,β-unsaturated/α-hetero) is 1. The lowest BCUT2D eigenvalue weighted by atomic mass is 10.2. The van der Waals surface area contributed by atoms with Crippen molar-refractivity contribution >= 4 is 17.8 Å². The lowest BCUT2D eigenvalue weighted by molar-refractivity contribution is -0.144. The average Bonchev–Trinajstić information content (AvgIpc) is 2.44. The molecule has 0 atom stereocenters. The number of hydrogen-bond acceptors (Lipinski definition) is 6. The van der Waals surface area contributed by atoms with Crippen molar-refractivity contribution in [3.05, 3.63) is 0 Å². The topological polar surface area (TPSA) is 102 Å². The first-order chi connectivity index (χ1) is 10.7. The predicted molar refractivity (Wildman–Crippen MR) is 85.0 cm³/mol. The number of carbonyl (C=O) groups excluding carboxylic acids is 3.